The normalized spacial score (nSPS) is 18.6. The number of rotatable bonds is 11. The number of benzene rings is 1. The molecular formula is C18H25N5O5. The SMILES string of the molecule is NC(N)=NCCCCNC(=O)C(Cc1ccccc1)NC(=O)C1OC1C(=O)O. The number of ether oxygens (including phenoxy) is 1. The van der Waals surface area contributed by atoms with Crippen molar-refractivity contribution < 1.29 is 24.2 Å². The van der Waals surface area contributed by atoms with Crippen molar-refractivity contribution in [3.05, 3.63) is 35.9 Å². The smallest absolute Gasteiger partial charge is 0.336 e. The summed E-state index contributed by atoms with van der Waals surface area (Å²) < 4.78 is 4.84. The number of unbranched alkanes of at least 4 members (excludes halogenated alkanes) is 1. The van der Waals surface area contributed by atoms with Crippen LogP contribution in [0.1, 0.15) is 18.4 Å². The van der Waals surface area contributed by atoms with Gasteiger partial charge in [-0.1, -0.05) is 30.3 Å². The lowest BCUT2D eigenvalue weighted by atomic mass is 10.0. The molecule has 1 saturated heterocycles. The molecule has 1 aromatic rings. The number of hydrogen-bond acceptors (Lipinski definition) is 5. The molecule has 1 aliphatic heterocycles. The van der Waals surface area contributed by atoms with Crippen molar-refractivity contribution in [3.63, 3.8) is 0 Å². The zero-order valence-corrected chi connectivity index (χ0v) is 15.3. The second-order valence-corrected chi connectivity index (χ2v) is 6.37. The highest BCUT2D eigenvalue weighted by Crippen LogP contribution is 2.22. The molecule has 2 amide bonds. The lowest BCUT2D eigenvalue weighted by Crippen LogP contribution is -2.49. The number of aliphatic imine (C=N–C) groups is 1. The molecule has 1 fully saturated rings. The number of amides is 2. The van der Waals surface area contributed by atoms with Crippen molar-refractivity contribution in [2.75, 3.05) is 13.1 Å². The first-order chi connectivity index (χ1) is 13.4. The second kappa shape index (κ2) is 10.3. The Kier molecular flexibility index (Phi) is 7.76. The van der Waals surface area contributed by atoms with Crippen LogP contribution in [0.3, 0.4) is 0 Å². The molecule has 0 aliphatic carbocycles. The maximum Gasteiger partial charge on any atom is 0.336 e. The third-order valence-electron chi connectivity index (χ3n) is 4.09. The molecule has 0 radical (unpaired) electrons. The zero-order chi connectivity index (χ0) is 20.5. The number of carboxylic acids is 1. The Labute approximate surface area is 162 Å². The van der Waals surface area contributed by atoms with Crippen LogP contribution in [0.2, 0.25) is 0 Å². The minimum Gasteiger partial charge on any atom is -0.479 e. The minimum absolute atomic E-state index is 0.0247. The van der Waals surface area contributed by atoms with E-state index in [1.54, 1.807) is 0 Å². The molecule has 10 nitrogen and oxygen atoms in total. The van der Waals surface area contributed by atoms with Crippen molar-refractivity contribution in [2.24, 2.45) is 16.5 Å². The van der Waals surface area contributed by atoms with Gasteiger partial charge in [0.25, 0.3) is 5.91 Å². The van der Waals surface area contributed by atoms with Gasteiger partial charge in [-0.3, -0.25) is 14.6 Å². The lowest BCUT2D eigenvalue weighted by Gasteiger charge is -2.18. The number of aliphatic carboxylic acids is 1. The van der Waals surface area contributed by atoms with Gasteiger partial charge in [0, 0.05) is 19.5 Å². The third-order valence-corrected chi connectivity index (χ3v) is 4.09. The van der Waals surface area contributed by atoms with Gasteiger partial charge in [-0.25, -0.2) is 4.79 Å². The highest BCUT2D eigenvalue weighted by atomic mass is 16.6. The second-order valence-electron chi connectivity index (χ2n) is 6.37. The Morgan fingerprint density at radius 1 is 1.14 bits per heavy atom. The van der Waals surface area contributed by atoms with E-state index in [2.05, 4.69) is 15.6 Å². The van der Waals surface area contributed by atoms with Crippen LogP contribution in [0.15, 0.2) is 35.3 Å². The van der Waals surface area contributed by atoms with Crippen LogP contribution in [0, 0.1) is 0 Å². The van der Waals surface area contributed by atoms with E-state index in [0.717, 1.165) is 5.56 Å². The topological polar surface area (TPSA) is 172 Å². The molecule has 3 atom stereocenters. The van der Waals surface area contributed by atoms with Crippen molar-refractivity contribution >= 4 is 23.7 Å². The molecule has 0 aromatic heterocycles. The van der Waals surface area contributed by atoms with Gasteiger partial charge in [-0.05, 0) is 18.4 Å². The summed E-state index contributed by atoms with van der Waals surface area (Å²) in [6.07, 6.45) is -0.582. The third kappa shape index (κ3) is 6.88. The number of nitrogens with zero attached hydrogens (tertiary/aromatic N) is 1. The summed E-state index contributed by atoms with van der Waals surface area (Å²) in [5.74, 6) is -2.15. The first-order valence-corrected chi connectivity index (χ1v) is 8.94. The Morgan fingerprint density at radius 3 is 2.46 bits per heavy atom. The molecule has 152 valence electrons. The predicted molar refractivity (Wildman–Crippen MR) is 101 cm³/mol. The first-order valence-electron chi connectivity index (χ1n) is 8.94. The zero-order valence-electron chi connectivity index (χ0n) is 15.3. The Morgan fingerprint density at radius 2 is 1.86 bits per heavy atom. The number of carboxylic acid groups (broad SMARTS) is 1. The van der Waals surface area contributed by atoms with Crippen molar-refractivity contribution in [1.82, 2.24) is 10.6 Å². The molecule has 28 heavy (non-hydrogen) atoms. The van der Waals surface area contributed by atoms with Gasteiger partial charge in [0.15, 0.2) is 18.2 Å². The number of carbonyl (C=O) groups excluding carboxylic acids is 2. The van der Waals surface area contributed by atoms with E-state index < -0.39 is 30.1 Å². The van der Waals surface area contributed by atoms with Crippen molar-refractivity contribution in [3.8, 4) is 0 Å². The van der Waals surface area contributed by atoms with Gasteiger partial charge in [0.2, 0.25) is 5.91 Å². The molecule has 10 heteroatoms. The van der Waals surface area contributed by atoms with E-state index in [9.17, 15) is 14.4 Å². The number of nitrogens with one attached hydrogen (secondary N) is 2. The van der Waals surface area contributed by atoms with Crippen molar-refractivity contribution in [2.45, 2.75) is 37.5 Å². The maximum absolute atomic E-state index is 12.5. The maximum atomic E-state index is 12.5. The Hall–Kier alpha value is -3.14. The molecule has 2 rings (SSSR count). The van der Waals surface area contributed by atoms with Crippen LogP contribution >= 0.6 is 0 Å². The molecule has 0 spiro atoms. The number of carbonyl (C=O) groups is 3. The molecule has 3 unspecified atom stereocenters. The van der Waals surface area contributed by atoms with Crippen LogP contribution in [-0.4, -0.2) is 60.2 Å². The average molecular weight is 391 g/mol. The van der Waals surface area contributed by atoms with Crippen LogP contribution in [0.4, 0.5) is 0 Å². The number of guanidine groups is 1. The predicted octanol–water partition coefficient (Wildman–Crippen LogP) is -1.26. The lowest BCUT2D eigenvalue weighted by molar-refractivity contribution is -0.138. The first kappa shape index (κ1) is 21.2. The molecule has 0 bridgehead atoms. The fourth-order valence-electron chi connectivity index (χ4n) is 2.59. The van der Waals surface area contributed by atoms with E-state index in [1.807, 2.05) is 30.3 Å². The number of nitrogens with two attached hydrogens (primary N) is 2. The monoisotopic (exact) mass is 391 g/mol. The Balaban J connectivity index is 1.88. The molecule has 1 aliphatic rings. The van der Waals surface area contributed by atoms with E-state index in [1.165, 1.54) is 0 Å². The van der Waals surface area contributed by atoms with Gasteiger partial charge in [0.05, 0.1) is 0 Å². The molecule has 1 heterocycles. The fourth-order valence-corrected chi connectivity index (χ4v) is 2.59. The fraction of sp³-hybridized carbons (Fsp3) is 0.444. The van der Waals surface area contributed by atoms with Gasteiger partial charge in [-0.2, -0.15) is 0 Å². The largest absolute Gasteiger partial charge is 0.479 e. The summed E-state index contributed by atoms with van der Waals surface area (Å²) >= 11 is 0. The summed E-state index contributed by atoms with van der Waals surface area (Å²) in [5.41, 5.74) is 11.4. The summed E-state index contributed by atoms with van der Waals surface area (Å²) in [7, 11) is 0. The summed E-state index contributed by atoms with van der Waals surface area (Å²) in [5, 5.41) is 14.2. The Bertz CT molecular complexity index is 720. The van der Waals surface area contributed by atoms with Crippen LogP contribution < -0.4 is 22.1 Å². The number of hydrogen-bond donors (Lipinski definition) is 5. The van der Waals surface area contributed by atoms with Gasteiger partial charge in [0.1, 0.15) is 6.04 Å². The standard InChI is InChI=1S/C18H25N5O5/c19-18(20)22-9-5-4-8-21-15(24)12(10-11-6-2-1-3-7-11)23-16(25)13-14(28-13)17(26)27/h1-3,6-7,12-14H,4-5,8-10H2,(H,21,24)(H,23,25)(H,26,27)(H4,19,20,22). The minimum atomic E-state index is -1.20. The van der Waals surface area contributed by atoms with Gasteiger partial charge < -0.3 is 31.9 Å². The van der Waals surface area contributed by atoms with Gasteiger partial charge in [-0.15, -0.1) is 0 Å². The van der Waals surface area contributed by atoms with E-state index in [4.69, 9.17) is 21.3 Å². The van der Waals surface area contributed by atoms with E-state index in [0.29, 0.717) is 25.9 Å². The highest BCUT2D eigenvalue weighted by molar-refractivity contribution is 5.95. The summed E-state index contributed by atoms with van der Waals surface area (Å²) in [4.78, 5) is 39.4. The van der Waals surface area contributed by atoms with E-state index >= 15 is 0 Å². The van der Waals surface area contributed by atoms with Crippen LogP contribution in [-0.2, 0) is 25.5 Å². The van der Waals surface area contributed by atoms with E-state index in [-0.39, 0.29) is 18.3 Å². The molecule has 0 saturated carbocycles. The highest BCUT2D eigenvalue weighted by Gasteiger charge is 2.51. The van der Waals surface area contributed by atoms with Crippen molar-refractivity contribution in [1.29, 1.82) is 0 Å². The van der Waals surface area contributed by atoms with Crippen LogP contribution in [0.5, 0.6) is 0 Å². The molecule has 7 N–H and O–H groups in total. The quantitative estimate of drug-likeness (QED) is 0.135. The van der Waals surface area contributed by atoms with Crippen LogP contribution in [0.25, 0.3) is 0 Å². The summed E-state index contributed by atoms with van der Waals surface area (Å²) in [6.45, 7) is 0.871. The number of epoxide rings is 1. The molecular weight excluding hydrogens is 366 g/mol. The molecule has 1 aromatic carbocycles. The average Bonchev–Trinajstić information content (AvgIpc) is 3.45. The summed E-state index contributed by atoms with van der Waals surface area (Å²) in [6, 6.07) is 8.36. The van der Waals surface area contributed by atoms with Gasteiger partial charge >= 0.3 is 5.97 Å².